The summed E-state index contributed by atoms with van der Waals surface area (Å²) in [5.41, 5.74) is 7.13. The maximum absolute atomic E-state index is 7.59. The van der Waals surface area contributed by atoms with Gasteiger partial charge in [0.25, 0.3) is 0 Å². The Bertz CT molecular complexity index is 643. The summed E-state index contributed by atoms with van der Waals surface area (Å²) in [6, 6.07) is 10.8. The van der Waals surface area contributed by atoms with Gasteiger partial charge < -0.3 is 10.5 Å². The zero-order chi connectivity index (χ0) is 14.0. The molecule has 0 radical (unpaired) electrons. The number of hydrogen-bond acceptors (Lipinski definition) is 2. The average Bonchev–Trinajstić information content (AvgIpc) is 2.35. The van der Waals surface area contributed by atoms with Crippen molar-refractivity contribution in [3.8, 4) is 11.5 Å². The lowest BCUT2D eigenvalue weighted by atomic mass is 10.1. The average molecular weight is 340 g/mol. The van der Waals surface area contributed by atoms with E-state index in [-0.39, 0.29) is 5.84 Å². The van der Waals surface area contributed by atoms with Crippen molar-refractivity contribution >= 4 is 33.4 Å². The number of nitrogens with one attached hydrogen (secondary N) is 1. The topological polar surface area (TPSA) is 59.1 Å². The maximum Gasteiger partial charge on any atom is 0.147 e. The predicted octanol–water partition coefficient (Wildman–Crippen LogP) is 4.49. The highest BCUT2D eigenvalue weighted by molar-refractivity contribution is 9.10. The number of halogens is 2. The van der Waals surface area contributed by atoms with Crippen molar-refractivity contribution in [1.29, 1.82) is 5.41 Å². The fourth-order valence-electron chi connectivity index (χ4n) is 1.62. The van der Waals surface area contributed by atoms with E-state index in [0.29, 0.717) is 22.1 Å². The van der Waals surface area contributed by atoms with Crippen molar-refractivity contribution in [2.24, 2.45) is 5.73 Å². The summed E-state index contributed by atoms with van der Waals surface area (Å²) in [6.07, 6.45) is 0. The van der Waals surface area contributed by atoms with Crippen LogP contribution in [0.3, 0.4) is 0 Å². The molecule has 0 atom stereocenters. The molecule has 0 aliphatic carbocycles. The number of rotatable bonds is 3. The first-order valence-corrected chi connectivity index (χ1v) is 6.72. The molecule has 0 aromatic heterocycles. The van der Waals surface area contributed by atoms with Crippen LogP contribution in [-0.2, 0) is 0 Å². The van der Waals surface area contributed by atoms with Gasteiger partial charge in [-0.2, -0.15) is 0 Å². The molecule has 19 heavy (non-hydrogen) atoms. The van der Waals surface area contributed by atoms with Crippen LogP contribution in [0.15, 0.2) is 40.9 Å². The minimum absolute atomic E-state index is 0.0372. The van der Waals surface area contributed by atoms with Crippen molar-refractivity contribution in [3.63, 3.8) is 0 Å². The van der Waals surface area contributed by atoms with Gasteiger partial charge in [0.1, 0.15) is 17.3 Å². The highest BCUT2D eigenvalue weighted by Crippen LogP contribution is 2.33. The summed E-state index contributed by atoms with van der Waals surface area (Å²) in [6.45, 7) is 1.93. The summed E-state index contributed by atoms with van der Waals surface area (Å²) < 4.78 is 6.62. The van der Waals surface area contributed by atoms with E-state index in [1.54, 1.807) is 18.2 Å². The van der Waals surface area contributed by atoms with Gasteiger partial charge in [-0.15, -0.1) is 0 Å². The second-order valence-electron chi connectivity index (χ2n) is 4.09. The Morgan fingerprint density at radius 3 is 2.63 bits per heavy atom. The highest BCUT2D eigenvalue weighted by Gasteiger charge is 2.10. The monoisotopic (exact) mass is 338 g/mol. The Morgan fingerprint density at radius 2 is 1.95 bits per heavy atom. The van der Waals surface area contributed by atoms with E-state index < -0.39 is 0 Å². The molecular formula is C14H12BrClN2O. The third-order valence-electron chi connectivity index (χ3n) is 2.54. The van der Waals surface area contributed by atoms with Crippen LogP contribution in [-0.4, -0.2) is 5.84 Å². The summed E-state index contributed by atoms with van der Waals surface area (Å²) in [5.74, 6) is 0.991. The molecule has 0 heterocycles. The largest absolute Gasteiger partial charge is 0.455 e. The molecule has 3 N–H and O–H groups in total. The number of hydrogen-bond donors (Lipinski definition) is 2. The molecule has 0 saturated carbocycles. The van der Waals surface area contributed by atoms with E-state index in [9.17, 15) is 0 Å². The Labute approximate surface area is 125 Å². The lowest BCUT2D eigenvalue weighted by Gasteiger charge is -2.12. The van der Waals surface area contributed by atoms with Crippen molar-refractivity contribution in [1.82, 2.24) is 0 Å². The smallest absolute Gasteiger partial charge is 0.147 e. The normalized spacial score (nSPS) is 10.3. The first kappa shape index (κ1) is 13.9. The molecule has 0 aliphatic rings. The molecule has 0 unspecified atom stereocenters. The Morgan fingerprint density at radius 1 is 1.21 bits per heavy atom. The van der Waals surface area contributed by atoms with Crippen LogP contribution in [0.25, 0.3) is 0 Å². The molecule has 2 aromatic carbocycles. The number of amidine groups is 1. The van der Waals surface area contributed by atoms with Crippen LogP contribution in [0, 0.1) is 12.3 Å². The fourth-order valence-corrected chi connectivity index (χ4v) is 2.11. The van der Waals surface area contributed by atoms with Crippen LogP contribution in [0.5, 0.6) is 11.5 Å². The standard InChI is InChI=1S/C14H12BrClN2O/c1-8-2-5-12(10(6-8)14(17)18)19-13-7-9(15)3-4-11(13)16/h2-7H,1H3,(H3,17,18). The van der Waals surface area contributed by atoms with Gasteiger partial charge >= 0.3 is 0 Å². The molecule has 2 aromatic rings. The minimum Gasteiger partial charge on any atom is -0.455 e. The SMILES string of the molecule is Cc1ccc(Oc2cc(Br)ccc2Cl)c(C(=N)N)c1. The van der Waals surface area contributed by atoms with Crippen LogP contribution in [0.2, 0.25) is 5.02 Å². The summed E-state index contributed by atoms with van der Waals surface area (Å²) in [7, 11) is 0. The third-order valence-corrected chi connectivity index (χ3v) is 3.34. The molecule has 0 saturated heterocycles. The maximum atomic E-state index is 7.59. The lowest BCUT2D eigenvalue weighted by molar-refractivity contribution is 0.481. The lowest BCUT2D eigenvalue weighted by Crippen LogP contribution is -2.12. The predicted molar refractivity (Wildman–Crippen MR) is 81.4 cm³/mol. The third kappa shape index (κ3) is 3.28. The van der Waals surface area contributed by atoms with E-state index in [0.717, 1.165) is 10.0 Å². The van der Waals surface area contributed by atoms with Crippen LogP contribution < -0.4 is 10.5 Å². The Kier molecular flexibility index (Phi) is 4.12. The van der Waals surface area contributed by atoms with Crippen LogP contribution in [0.4, 0.5) is 0 Å². The van der Waals surface area contributed by atoms with Gasteiger partial charge in [-0.05, 0) is 37.3 Å². The summed E-state index contributed by atoms with van der Waals surface area (Å²) in [5, 5.41) is 8.09. The molecular weight excluding hydrogens is 328 g/mol. The second kappa shape index (κ2) is 5.63. The molecule has 0 spiro atoms. The Balaban J connectivity index is 2.43. The molecule has 98 valence electrons. The van der Waals surface area contributed by atoms with Crippen molar-refractivity contribution in [3.05, 3.63) is 57.0 Å². The quantitative estimate of drug-likeness (QED) is 0.639. The van der Waals surface area contributed by atoms with Gasteiger partial charge in [0.15, 0.2) is 0 Å². The van der Waals surface area contributed by atoms with Crippen molar-refractivity contribution in [2.45, 2.75) is 6.92 Å². The summed E-state index contributed by atoms with van der Waals surface area (Å²) >= 11 is 9.44. The number of aryl methyl sites for hydroxylation is 1. The van der Waals surface area contributed by atoms with Gasteiger partial charge in [-0.3, -0.25) is 5.41 Å². The molecule has 0 bridgehead atoms. The van der Waals surface area contributed by atoms with Crippen LogP contribution in [0.1, 0.15) is 11.1 Å². The minimum atomic E-state index is -0.0372. The molecule has 5 heteroatoms. The zero-order valence-electron chi connectivity index (χ0n) is 10.2. The van der Waals surface area contributed by atoms with Gasteiger partial charge in [-0.1, -0.05) is 39.2 Å². The van der Waals surface area contributed by atoms with Gasteiger partial charge in [-0.25, -0.2) is 0 Å². The number of nitrogens with two attached hydrogens (primary N) is 1. The fraction of sp³-hybridized carbons (Fsp3) is 0.0714. The van der Waals surface area contributed by atoms with Gasteiger partial charge in [0.2, 0.25) is 0 Å². The van der Waals surface area contributed by atoms with Crippen molar-refractivity contribution < 1.29 is 4.74 Å². The molecule has 0 fully saturated rings. The first-order chi connectivity index (χ1) is 8.97. The zero-order valence-corrected chi connectivity index (χ0v) is 12.5. The molecule has 2 rings (SSSR count). The van der Waals surface area contributed by atoms with Crippen molar-refractivity contribution in [2.75, 3.05) is 0 Å². The summed E-state index contributed by atoms with van der Waals surface area (Å²) in [4.78, 5) is 0. The number of benzene rings is 2. The van der Waals surface area contributed by atoms with E-state index in [4.69, 9.17) is 27.5 Å². The molecule has 0 aliphatic heterocycles. The van der Waals surface area contributed by atoms with E-state index in [1.807, 2.05) is 25.1 Å². The highest BCUT2D eigenvalue weighted by atomic mass is 79.9. The van der Waals surface area contributed by atoms with E-state index >= 15 is 0 Å². The van der Waals surface area contributed by atoms with Crippen LogP contribution >= 0.6 is 27.5 Å². The van der Waals surface area contributed by atoms with Gasteiger partial charge in [0.05, 0.1) is 10.6 Å². The Hall–Kier alpha value is -1.52. The number of nitrogen functional groups attached to an aromatic ring is 1. The number of ether oxygens (including phenoxy) is 1. The molecule has 3 nitrogen and oxygen atoms in total. The van der Waals surface area contributed by atoms with E-state index in [1.165, 1.54) is 0 Å². The second-order valence-corrected chi connectivity index (χ2v) is 5.41. The van der Waals surface area contributed by atoms with E-state index in [2.05, 4.69) is 15.9 Å². The molecule has 0 amide bonds. The van der Waals surface area contributed by atoms with Gasteiger partial charge in [0, 0.05) is 4.47 Å². The first-order valence-electron chi connectivity index (χ1n) is 5.55.